The Hall–Kier alpha value is -3.48. The average Bonchev–Trinajstić information content (AvgIpc) is 3.02. The van der Waals surface area contributed by atoms with Gasteiger partial charge in [0.15, 0.2) is 5.69 Å². The Labute approximate surface area is 144 Å². The molecule has 0 saturated heterocycles. The molecule has 0 fully saturated rings. The van der Waals surface area contributed by atoms with Crippen molar-refractivity contribution in [2.24, 2.45) is 7.05 Å². The molecular weight excluding hydrogens is 318 g/mol. The quantitative estimate of drug-likeness (QED) is 0.746. The molecule has 25 heavy (non-hydrogen) atoms. The normalized spacial score (nSPS) is 10.3. The Kier molecular flexibility index (Phi) is 4.84. The van der Waals surface area contributed by atoms with Gasteiger partial charge in [-0.05, 0) is 24.3 Å². The number of hydrogen-bond acceptors (Lipinski definition) is 4. The molecule has 126 valence electrons. The summed E-state index contributed by atoms with van der Waals surface area (Å²) < 4.78 is 1.45. The fraction of sp³-hybridized carbons (Fsp3) is 0.111. The highest BCUT2D eigenvalue weighted by Gasteiger charge is 2.15. The standard InChI is InChI=1S/C18H17N5O2/c1-23-16(21-17(24)13-7-3-2-4-8-13)11-15(22-23)18(25)20-12-14-9-5-6-10-19-14/h2-11H,12H2,1H3,(H,20,25)(H,21,24). The van der Waals surface area contributed by atoms with Gasteiger partial charge in [-0.25, -0.2) is 0 Å². The summed E-state index contributed by atoms with van der Waals surface area (Å²) in [5.41, 5.74) is 1.51. The second kappa shape index (κ2) is 7.39. The van der Waals surface area contributed by atoms with Crippen LogP contribution in [-0.4, -0.2) is 26.6 Å². The molecule has 2 N–H and O–H groups in total. The minimum absolute atomic E-state index is 0.224. The number of pyridine rings is 1. The van der Waals surface area contributed by atoms with Gasteiger partial charge in [0.25, 0.3) is 11.8 Å². The third-order valence-corrected chi connectivity index (χ3v) is 3.55. The van der Waals surface area contributed by atoms with Crippen LogP contribution in [-0.2, 0) is 13.6 Å². The van der Waals surface area contributed by atoms with Crippen LogP contribution in [0.25, 0.3) is 0 Å². The van der Waals surface area contributed by atoms with Crippen molar-refractivity contribution >= 4 is 17.6 Å². The minimum Gasteiger partial charge on any atom is -0.345 e. The van der Waals surface area contributed by atoms with Crippen LogP contribution >= 0.6 is 0 Å². The molecule has 2 amide bonds. The van der Waals surface area contributed by atoms with E-state index < -0.39 is 0 Å². The zero-order valence-electron chi connectivity index (χ0n) is 13.6. The van der Waals surface area contributed by atoms with Crippen molar-refractivity contribution in [3.05, 3.63) is 77.7 Å². The minimum atomic E-state index is -0.332. The van der Waals surface area contributed by atoms with Gasteiger partial charge in [-0.15, -0.1) is 0 Å². The third-order valence-electron chi connectivity index (χ3n) is 3.55. The van der Waals surface area contributed by atoms with E-state index in [1.807, 2.05) is 24.3 Å². The molecule has 0 radical (unpaired) electrons. The zero-order valence-corrected chi connectivity index (χ0v) is 13.6. The molecule has 0 spiro atoms. The molecule has 0 saturated carbocycles. The van der Waals surface area contributed by atoms with E-state index in [2.05, 4.69) is 20.7 Å². The number of amides is 2. The number of rotatable bonds is 5. The molecule has 0 unspecified atom stereocenters. The number of carbonyl (C=O) groups excluding carboxylic acids is 2. The first kappa shape index (κ1) is 16.4. The lowest BCUT2D eigenvalue weighted by atomic mass is 10.2. The van der Waals surface area contributed by atoms with Gasteiger partial charge in [0.1, 0.15) is 5.82 Å². The smallest absolute Gasteiger partial charge is 0.272 e. The van der Waals surface area contributed by atoms with Gasteiger partial charge in [0.2, 0.25) is 0 Å². The van der Waals surface area contributed by atoms with Crippen molar-refractivity contribution < 1.29 is 9.59 Å². The molecule has 1 aromatic carbocycles. The molecule has 3 rings (SSSR count). The number of nitrogens with zero attached hydrogens (tertiary/aromatic N) is 3. The van der Waals surface area contributed by atoms with Gasteiger partial charge in [-0.3, -0.25) is 19.3 Å². The summed E-state index contributed by atoms with van der Waals surface area (Å²) in [5, 5.41) is 9.63. The van der Waals surface area contributed by atoms with E-state index in [1.165, 1.54) is 10.7 Å². The van der Waals surface area contributed by atoms with Crippen LogP contribution in [0.3, 0.4) is 0 Å². The number of hydrogen-bond donors (Lipinski definition) is 2. The van der Waals surface area contributed by atoms with Crippen LogP contribution in [0.15, 0.2) is 60.8 Å². The van der Waals surface area contributed by atoms with Crippen LogP contribution in [0.5, 0.6) is 0 Å². The lowest BCUT2D eigenvalue weighted by Gasteiger charge is -2.04. The van der Waals surface area contributed by atoms with Gasteiger partial charge in [0.05, 0.1) is 12.2 Å². The van der Waals surface area contributed by atoms with E-state index in [4.69, 9.17) is 0 Å². The summed E-state index contributed by atoms with van der Waals surface area (Å²) in [6.45, 7) is 0.307. The van der Waals surface area contributed by atoms with Crippen LogP contribution < -0.4 is 10.6 Å². The molecule has 2 aromatic heterocycles. The maximum absolute atomic E-state index is 12.2. The predicted molar refractivity (Wildman–Crippen MR) is 93.0 cm³/mol. The van der Waals surface area contributed by atoms with Gasteiger partial charge in [-0.1, -0.05) is 24.3 Å². The van der Waals surface area contributed by atoms with Crippen molar-refractivity contribution in [1.29, 1.82) is 0 Å². The van der Waals surface area contributed by atoms with Gasteiger partial charge in [-0.2, -0.15) is 5.10 Å². The molecule has 7 nitrogen and oxygen atoms in total. The molecule has 0 aliphatic carbocycles. The highest BCUT2D eigenvalue weighted by Crippen LogP contribution is 2.11. The Morgan fingerprint density at radius 3 is 2.52 bits per heavy atom. The number of aryl methyl sites for hydroxylation is 1. The zero-order chi connectivity index (χ0) is 17.6. The second-order valence-electron chi connectivity index (χ2n) is 5.36. The van der Waals surface area contributed by atoms with Crippen LogP contribution in [0.2, 0.25) is 0 Å². The van der Waals surface area contributed by atoms with Crippen LogP contribution in [0.1, 0.15) is 26.5 Å². The molecule has 7 heteroatoms. The number of benzene rings is 1. The summed E-state index contributed by atoms with van der Waals surface area (Å²) in [6.07, 6.45) is 1.67. The topological polar surface area (TPSA) is 88.9 Å². The van der Waals surface area contributed by atoms with Crippen LogP contribution in [0, 0.1) is 0 Å². The van der Waals surface area contributed by atoms with E-state index in [1.54, 1.807) is 37.5 Å². The molecule has 0 bridgehead atoms. The Morgan fingerprint density at radius 2 is 1.80 bits per heavy atom. The highest BCUT2D eigenvalue weighted by molar-refractivity contribution is 6.04. The largest absolute Gasteiger partial charge is 0.345 e. The van der Waals surface area contributed by atoms with Crippen molar-refractivity contribution in [3.63, 3.8) is 0 Å². The summed E-state index contributed by atoms with van der Waals surface area (Å²) in [6, 6.07) is 15.9. The first-order valence-corrected chi connectivity index (χ1v) is 7.72. The molecule has 0 atom stereocenters. The van der Waals surface area contributed by atoms with Crippen molar-refractivity contribution in [2.45, 2.75) is 6.54 Å². The molecule has 0 aliphatic rings. The van der Waals surface area contributed by atoms with E-state index in [-0.39, 0.29) is 17.5 Å². The molecule has 2 heterocycles. The van der Waals surface area contributed by atoms with Crippen molar-refractivity contribution in [3.8, 4) is 0 Å². The van der Waals surface area contributed by atoms with E-state index >= 15 is 0 Å². The van der Waals surface area contributed by atoms with E-state index in [9.17, 15) is 9.59 Å². The maximum Gasteiger partial charge on any atom is 0.272 e. The summed E-state index contributed by atoms with van der Waals surface area (Å²) >= 11 is 0. The number of aromatic nitrogens is 3. The monoisotopic (exact) mass is 335 g/mol. The summed E-state index contributed by atoms with van der Waals surface area (Å²) in [7, 11) is 1.66. The van der Waals surface area contributed by atoms with Gasteiger partial charge >= 0.3 is 0 Å². The predicted octanol–water partition coefficient (Wildman–Crippen LogP) is 2.00. The number of nitrogens with one attached hydrogen (secondary N) is 2. The Morgan fingerprint density at radius 1 is 1.04 bits per heavy atom. The lowest BCUT2D eigenvalue weighted by Crippen LogP contribution is -2.23. The highest BCUT2D eigenvalue weighted by atomic mass is 16.2. The van der Waals surface area contributed by atoms with Crippen molar-refractivity contribution in [1.82, 2.24) is 20.1 Å². The van der Waals surface area contributed by atoms with Crippen molar-refractivity contribution in [2.75, 3.05) is 5.32 Å². The number of carbonyl (C=O) groups is 2. The van der Waals surface area contributed by atoms with Gasteiger partial charge < -0.3 is 10.6 Å². The Bertz CT molecular complexity index is 875. The average molecular weight is 335 g/mol. The molecule has 3 aromatic rings. The Balaban J connectivity index is 1.65. The molecule has 0 aliphatic heterocycles. The van der Waals surface area contributed by atoms with Gasteiger partial charge in [0, 0.05) is 24.9 Å². The van der Waals surface area contributed by atoms with Crippen LogP contribution in [0.4, 0.5) is 5.82 Å². The first-order valence-electron chi connectivity index (χ1n) is 7.72. The third kappa shape index (κ3) is 4.08. The first-order chi connectivity index (χ1) is 12.1. The maximum atomic E-state index is 12.2. The SMILES string of the molecule is Cn1nc(C(=O)NCc2ccccn2)cc1NC(=O)c1ccccc1. The fourth-order valence-electron chi connectivity index (χ4n) is 2.24. The fourth-order valence-corrected chi connectivity index (χ4v) is 2.24. The number of anilines is 1. The summed E-state index contributed by atoms with van der Waals surface area (Å²) in [5.74, 6) is -0.151. The lowest BCUT2D eigenvalue weighted by molar-refractivity contribution is 0.0944. The second-order valence-corrected chi connectivity index (χ2v) is 5.36. The van der Waals surface area contributed by atoms with E-state index in [0.29, 0.717) is 17.9 Å². The molecular formula is C18H17N5O2. The summed E-state index contributed by atoms with van der Waals surface area (Å²) in [4.78, 5) is 28.5. The van der Waals surface area contributed by atoms with E-state index in [0.717, 1.165) is 5.69 Å².